The first kappa shape index (κ1) is 19.5. The van der Waals surface area contributed by atoms with E-state index < -0.39 is 12.1 Å². The van der Waals surface area contributed by atoms with Gasteiger partial charge in [-0.3, -0.25) is 4.79 Å². The topological polar surface area (TPSA) is 64.6 Å². The first-order chi connectivity index (χ1) is 12.3. The summed E-state index contributed by atoms with van der Waals surface area (Å²) < 4.78 is 10.5. The van der Waals surface area contributed by atoms with Gasteiger partial charge in [-0.1, -0.05) is 44.2 Å². The highest BCUT2D eigenvalue weighted by atomic mass is 16.5. The minimum absolute atomic E-state index is 0.261. The largest absolute Gasteiger partial charge is 0.496 e. The van der Waals surface area contributed by atoms with Crippen LogP contribution in [0.4, 0.5) is 5.69 Å². The molecule has 0 aliphatic carbocycles. The summed E-state index contributed by atoms with van der Waals surface area (Å²) in [6.45, 7) is 7.62. The molecule has 0 saturated carbocycles. The van der Waals surface area contributed by atoms with Crippen molar-refractivity contribution < 1.29 is 19.1 Å². The van der Waals surface area contributed by atoms with Crippen molar-refractivity contribution in [1.82, 2.24) is 0 Å². The Morgan fingerprint density at radius 3 is 2.35 bits per heavy atom. The number of para-hydroxylation sites is 2. The fourth-order valence-electron chi connectivity index (χ4n) is 2.66. The van der Waals surface area contributed by atoms with Crippen LogP contribution < -0.4 is 10.1 Å². The molecule has 0 unspecified atom stereocenters. The first-order valence-electron chi connectivity index (χ1n) is 8.59. The van der Waals surface area contributed by atoms with E-state index in [1.54, 1.807) is 31.2 Å². The number of esters is 1. The number of ether oxygens (including phenoxy) is 2. The van der Waals surface area contributed by atoms with E-state index in [1.165, 1.54) is 7.11 Å². The van der Waals surface area contributed by atoms with Crippen LogP contribution in [-0.4, -0.2) is 25.1 Å². The molecule has 0 radical (unpaired) electrons. The van der Waals surface area contributed by atoms with Crippen molar-refractivity contribution in [2.24, 2.45) is 0 Å². The molecular formula is C21H25NO4. The molecule has 0 saturated heterocycles. The predicted octanol–water partition coefficient (Wildman–Crippen LogP) is 4.31. The molecule has 26 heavy (non-hydrogen) atoms. The second-order valence-corrected chi connectivity index (χ2v) is 6.43. The highest BCUT2D eigenvalue weighted by Crippen LogP contribution is 2.27. The van der Waals surface area contributed by atoms with E-state index >= 15 is 0 Å². The number of nitrogens with one attached hydrogen (secondary N) is 1. The molecule has 2 rings (SSSR count). The quantitative estimate of drug-likeness (QED) is 0.784. The lowest BCUT2D eigenvalue weighted by Gasteiger charge is -2.19. The van der Waals surface area contributed by atoms with Crippen molar-refractivity contribution >= 4 is 17.6 Å². The molecule has 138 valence electrons. The Balaban J connectivity index is 2.13. The van der Waals surface area contributed by atoms with Gasteiger partial charge in [0, 0.05) is 5.69 Å². The number of carbonyl (C=O) groups excluding carboxylic acids is 2. The van der Waals surface area contributed by atoms with Crippen molar-refractivity contribution in [3.05, 3.63) is 59.2 Å². The second-order valence-electron chi connectivity index (χ2n) is 6.43. The van der Waals surface area contributed by atoms with Gasteiger partial charge in [-0.15, -0.1) is 0 Å². The molecule has 0 aromatic heterocycles. The van der Waals surface area contributed by atoms with Crippen molar-refractivity contribution in [3.63, 3.8) is 0 Å². The lowest BCUT2D eigenvalue weighted by Crippen LogP contribution is -2.30. The fraction of sp³-hybridized carbons (Fsp3) is 0.333. The third-order valence-corrected chi connectivity index (χ3v) is 4.16. The molecule has 0 spiro atoms. The summed E-state index contributed by atoms with van der Waals surface area (Å²) in [7, 11) is 1.48. The number of benzene rings is 2. The Morgan fingerprint density at radius 1 is 1.00 bits per heavy atom. The Bertz CT molecular complexity index is 798. The number of amides is 1. The standard InChI is InChI=1S/C21H25NO4/c1-13(2)16-11-8-9-14(3)19(16)22-20(23)15(4)26-21(24)17-10-6-7-12-18(17)25-5/h6-13,15H,1-5H3,(H,22,23)/t15-/m0/s1. The van der Waals surface area contributed by atoms with Gasteiger partial charge in [0.1, 0.15) is 11.3 Å². The number of hydrogen-bond acceptors (Lipinski definition) is 4. The third kappa shape index (κ3) is 4.42. The molecule has 0 bridgehead atoms. The molecule has 5 nitrogen and oxygen atoms in total. The number of anilines is 1. The normalized spacial score (nSPS) is 11.8. The monoisotopic (exact) mass is 355 g/mol. The highest BCUT2D eigenvalue weighted by molar-refractivity contribution is 5.99. The lowest BCUT2D eigenvalue weighted by molar-refractivity contribution is -0.123. The van der Waals surface area contributed by atoms with Gasteiger partial charge in [-0.05, 0) is 43.0 Å². The van der Waals surface area contributed by atoms with E-state index in [4.69, 9.17) is 9.47 Å². The summed E-state index contributed by atoms with van der Waals surface area (Å²) in [6, 6.07) is 12.6. The summed E-state index contributed by atoms with van der Waals surface area (Å²) in [6.07, 6.45) is -0.938. The number of carbonyl (C=O) groups is 2. The van der Waals surface area contributed by atoms with Gasteiger partial charge in [0.15, 0.2) is 6.10 Å². The van der Waals surface area contributed by atoms with E-state index in [9.17, 15) is 9.59 Å². The maximum Gasteiger partial charge on any atom is 0.342 e. The van der Waals surface area contributed by atoms with E-state index in [-0.39, 0.29) is 17.4 Å². The van der Waals surface area contributed by atoms with E-state index in [0.717, 1.165) is 16.8 Å². The molecule has 1 atom stereocenters. The number of rotatable bonds is 6. The van der Waals surface area contributed by atoms with Crippen LogP contribution in [0, 0.1) is 6.92 Å². The molecule has 1 N–H and O–H groups in total. The van der Waals surface area contributed by atoms with Gasteiger partial charge in [0.05, 0.1) is 7.11 Å². The second kappa shape index (κ2) is 8.52. The summed E-state index contributed by atoms with van der Waals surface area (Å²) in [5.74, 6) is -0.300. The van der Waals surface area contributed by atoms with Crippen molar-refractivity contribution in [1.29, 1.82) is 0 Å². The minimum Gasteiger partial charge on any atom is -0.496 e. The summed E-state index contributed by atoms with van der Waals surface area (Å²) in [5, 5.41) is 2.90. The fourth-order valence-corrected chi connectivity index (χ4v) is 2.66. The Hall–Kier alpha value is -2.82. The van der Waals surface area contributed by atoms with Gasteiger partial charge in [-0.25, -0.2) is 4.79 Å². The van der Waals surface area contributed by atoms with E-state index in [0.29, 0.717) is 5.75 Å². The smallest absolute Gasteiger partial charge is 0.342 e. The Labute approximate surface area is 154 Å². The summed E-state index contributed by atoms with van der Waals surface area (Å²) in [4.78, 5) is 24.9. The minimum atomic E-state index is -0.938. The number of methoxy groups -OCH3 is 1. The molecule has 0 fully saturated rings. The van der Waals surface area contributed by atoms with Crippen LogP contribution in [0.1, 0.15) is 48.2 Å². The van der Waals surface area contributed by atoms with Gasteiger partial charge in [0.25, 0.3) is 5.91 Å². The van der Waals surface area contributed by atoms with Gasteiger partial charge in [-0.2, -0.15) is 0 Å². The van der Waals surface area contributed by atoms with Crippen LogP contribution in [0.25, 0.3) is 0 Å². The van der Waals surface area contributed by atoms with Crippen LogP contribution >= 0.6 is 0 Å². The maximum atomic E-state index is 12.5. The van der Waals surface area contributed by atoms with Gasteiger partial charge < -0.3 is 14.8 Å². The number of hydrogen-bond donors (Lipinski definition) is 1. The lowest BCUT2D eigenvalue weighted by atomic mass is 9.98. The van der Waals surface area contributed by atoms with Crippen molar-refractivity contribution in [2.45, 2.75) is 39.7 Å². The van der Waals surface area contributed by atoms with Crippen LogP contribution in [0.15, 0.2) is 42.5 Å². The zero-order valence-corrected chi connectivity index (χ0v) is 15.8. The average Bonchev–Trinajstić information content (AvgIpc) is 2.62. The van der Waals surface area contributed by atoms with Gasteiger partial charge >= 0.3 is 5.97 Å². The SMILES string of the molecule is COc1ccccc1C(=O)O[C@@H](C)C(=O)Nc1c(C)cccc1C(C)C. The Kier molecular flexibility index (Phi) is 6.39. The third-order valence-electron chi connectivity index (χ3n) is 4.16. The molecule has 5 heteroatoms. The van der Waals surface area contributed by atoms with Crippen molar-refractivity contribution in [2.75, 3.05) is 12.4 Å². The zero-order valence-electron chi connectivity index (χ0n) is 15.8. The molecule has 0 heterocycles. The van der Waals surface area contributed by atoms with Crippen LogP contribution in [0.2, 0.25) is 0 Å². The zero-order chi connectivity index (χ0) is 19.3. The van der Waals surface area contributed by atoms with Crippen LogP contribution in [0.3, 0.4) is 0 Å². The summed E-state index contributed by atoms with van der Waals surface area (Å²) >= 11 is 0. The molecule has 1 amide bonds. The highest BCUT2D eigenvalue weighted by Gasteiger charge is 2.22. The molecule has 0 aliphatic rings. The maximum absolute atomic E-state index is 12.5. The predicted molar refractivity (Wildman–Crippen MR) is 102 cm³/mol. The molecule has 0 aliphatic heterocycles. The first-order valence-corrected chi connectivity index (χ1v) is 8.59. The molecular weight excluding hydrogens is 330 g/mol. The number of aryl methyl sites for hydroxylation is 1. The van der Waals surface area contributed by atoms with E-state index in [2.05, 4.69) is 19.2 Å². The van der Waals surface area contributed by atoms with Crippen LogP contribution in [0.5, 0.6) is 5.75 Å². The van der Waals surface area contributed by atoms with Crippen molar-refractivity contribution in [3.8, 4) is 5.75 Å². The van der Waals surface area contributed by atoms with Gasteiger partial charge in [0.2, 0.25) is 0 Å². The Morgan fingerprint density at radius 2 is 1.69 bits per heavy atom. The molecule has 2 aromatic rings. The van der Waals surface area contributed by atoms with Crippen LogP contribution in [-0.2, 0) is 9.53 Å². The van der Waals surface area contributed by atoms with E-state index in [1.807, 2.05) is 25.1 Å². The summed E-state index contributed by atoms with van der Waals surface area (Å²) in [5.41, 5.74) is 3.07. The average molecular weight is 355 g/mol. The molecule has 2 aromatic carbocycles.